The molecule has 0 spiro atoms. The Hall–Kier alpha value is -5.11. The largest absolute Gasteiger partial charge is 0.489 e. The van der Waals surface area contributed by atoms with Crippen LogP contribution in [0.1, 0.15) is 22.3 Å². The van der Waals surface area contributed by atoms with Gasteiger partial charge in [-0.15, -0.1) is 0 Å². The van der Waals surface area contributed by atoms with Crippen molar-refractivity contribution < 1.29 is 23.9 Å². The Bertz CT molecular complexity index is 1410. The standard InChI is InChI=1S/C33H33N3O5/c34-31(37)29(21-27-17-10-18-28(19-27)40-22-25-13-6-2-7-14-25)35-32(38)30(20-24-11-4-1-5-12-24)36-33(39)41-23-26-15-8-3-9-16-26/h1-19,29-30H,20-23H2,(H2,34,37)(H,35,38)(H,36,39)/t29-,30-/m1/s1. The molecule has 4 rings (SSSR count). The van der Waals surface area contributed by atoms with E-state index >= 15 is 0 Å². The number of hydrogen-bond donors (Lipinski definition) is 3. The van der Waals surface area contributed by atoms with E-state index in [0.717, 1.165) is 22.3 Å². The van der Waals surface area contributed by atoms with E-state index in [0.29, 0.717) is 12.4 Å². The average Bonchev–Trinajstić information content (AvgIpc) is 3.00. The summed E-state index contributed by atoms with van der Waals surface area (Å²) in [4.78, 5) is 38.4. The summed E-state index contributed by atoms with van der Waals surface area (Å²) in [7, 11) is 0. The van der Waals surface area contributed by atoms with E-state index in [1.54, 1.807) is 0 Å². The summed E-state index contributed by atoms with van der Waals surface area (Å²) in [6, 6.07) is 33.5. The van der Waals surface area contributed by atoms with Crippen molar-refractivity contribution in [3.8, 4) is 5.75 Å². The van der Waals surface area contributed by atoms with E-state index in [1.165, 1.54) is 0 Å². The van der Waals surface area contributed by atoms with Gasteiger partial charge in [0.1, 0.15) is 31.0 Å². The Morgan fingerprint density at radius 2 is 1.15 bits per heavy atom. The number of nitrogens with two attached hydrogens (primary N) is 1. The lowest BCUT2D eigenvalue weighted by Gasteiger charge is -2.22. The zero-order valence-corrected chi connectivity index (χ0v) is 22.6. The monoisotopic (exact) mass is 551 g/mol. The highest BCUT2D eigenvalue weighted by molar-refractivity contribution is 5.91. The maximum atomic E-state index is 13.4. The topological polar surface area (TPSA) is 120 Å². The maximum Gasteiger partial charge on any atom is 0.408 e. The second kappa shape index (κ2) is 14.9. The fourth-order valence-corrected chi connectivity index (χ4v) is 4.20. The molecule has 41 heavy (non-hydrogen) atoms. The molecule has 4 aromatic rings. The van der Waals surface area contributed by atoms with Crippen LogP contribution in [0, 0.1) is 0 Å². The van der Waals surface area contributed by atoms with Crippen molar-refractivity contribution in [3.63, 3.8) is 0 Å². The van der Waals surface area contributed by atoms with Crippen molar-refractivity contribution in [2.75, 3.05) is 0 Å². The number of nitrogens with one attached hydrogen (secondary N) is 2. The Labute approximate surface area is 239 Å². The smallest absolute Gasteiger partial charge is 0.408 e. The van der Waals surface area contributed by atoms with Crippen molar-refractivity contribution in [1.29, 1.82) is 0 Å². The number of primary amides is 1. The van der Waals surface area contributed by atoms with Gasteiger partial charge in [-0.05, 0) is 34.4 Å². The van der Waals surface area contributed by atoms with Gasteiger partial charge in [0, 0.05) is 12.8 Å². The molecule has 0 aliphatic heterocycles. The normalized spacial score (nSPS) is 12.0. The van der Waals surface area contributed by atoms with Crippen LogP contribution in [0.25, 0.3) is 0 Å². The van der Waals surface area contributed by atoms with E-state index < -0.39 is 30.0 Å². The van der Waals surface area contributed by atoms with E-state index in [1.807, 2.05) is 115 Å². The molecule has 4 N–H and O–H groups in total. The number of amides is 3. The summed E-state index contributed by atoms with van der Waals surface area (Å²) in [5.41, 5.74) is 9.10. The quantitative estimate of drug-likeness (QED) is 0.229. The van der Waals surface area contributed by atoms with Gasteiger partial charge >= 0.3 is 6.09 Å². The van der Waals surface area contributed by atoms with Gasteiger partial charge in [-0.2, -0.15) is 0 Å². The van der Waals surface area contributed by atoms with E-state index in [-0.39, 0.29) is 19.4 Å². The van der Waals surface area contributed by atoms with Gasteiger partial charge in [-0.3, -0.25) is 9.59 Å². The highest BCUT2D eigenvalue weighted by atomic mass is 16.5. The molecular weight excluding hydrogens is 518 g/mol. The van der Waals surface area contributed by atoms with E-state index in [4.69, 9.17) is 15.2 Å². The number of rotatable bonds is 13. The molecule has 0 bridgehead atoms. The Balaban J connectivity index is 1.40. The Morgan fingerprint density at radius 3 is 1.76 bits per heavy atom. The molecule has 0 aromatic heterocycles. The molecule has 0 aliphatic rings. The van der Waals surface area contributed by atoms with Gasteiger partial charge in [0.2, 0.25) is 11.8 Å². The minimum Gasteiger partial charge on any atom is -0.489 e. The first-order valence-corrected chi connectivity index (χ1v) is 13.3. The lowest BCUT2D eigenvalue weighted by atomic mass is 10.0. The van der Waals surface area contributed by atoms with Crippen molar-refractivity contribution >= 4 is 17.9 Å². The van der Waals surface area contributed by atoms with Crippen molar-refractivity contribution in [3.05, 3.63) is 138 Å². The number of ether oxygens (including phenoxy) is 2. The summed E-state index contributed by atoms with van der Waals surface area (Å²) in [5, 5.41) is 5.36. The molecule has 0 aliphatic carbocycles. The molecule has 0 radical (unpaired) electrons. The predicted octanol–water partition coefficient (Wildman–Crippen LogP) is 4.32. The fourth-order valence-electron chi connectivity index (χ4n) is 4.20. The van der Waals surface area contributed by atoms with E-state index in [9.17, 15) is 14.4 Å². The van der Waals surface area contributed by atoms with Crippen LogP contribution in [-0.4, -0.2) is 30.0 Å². The third-order valence-corrected chi connectivity index (χ3v) is 6.35. The van der Waals surface area contributed by atoms with Crippen molar-refractivity contribution in [2.24, 2.45) is 5.73 Å². The number of carbonyl (C=O) groups is 3. The molecule has 0 unspecified atom stereocenters. The molecule has 3 amide bonds. The molecule has 210 valence electrons. The number of hydrogen-bond acceptors (Lipinski definition) is 5. The lowest BCUT2D eigenvalue weighted by molar-refractivity contribution is -0.128. The van der Waals surface area contributed by atoms with Gasteiger partial charge in [0.15, 0.2) is 0 Å². The van der Waals surface area contributed by atoms with Crippen LogP contribution >= 0.6 is 0 Å². The van der Waals surface area contributed by atoms with Gasteiger partial charge in [-0.1, -0.05) is 103 Å². The van der Waals surface area contributed by atoms with Gasteiger partial charge < -0.3 is 25.8 Å². The summed E-state index contributed by atoms with van der Waals surface area (Å²) in [5.74, 6) is -0.615. The van der Waals surface area contributed by atoms with Crippen LogP contribution in [0.5, 0.6) is 5.75 Å². The second-order valence-corrected chi connectivity index (χ2v) is 9.54. The molecule has 2 atom stereocenters. The Morgan fingerprint density at radius 1 is 0.610 bits per heavy atom. The van der Waals surface area contributed by atoms with Gasteiger partial charge in [0.25, 0.3) is 0 Å². The summed E-state index contributed by atoms with van der Waals surface area (Å²) in [6.07, 6.45) is -0.398. The van der Waals surface area contributed by atoms with Crippen LogP contribution in [-0.2, 0) is 40.4 Å². The SMILES string of the molecule is NC(=O)[C@@H](Cc1cccc(OCc2ccccc2)c1)NC(=O)[C@@H](Cc1ccccc1)NC(=O)OCc1ccccc1. The summed E-state index contributed by atoms with van der Waals surface area (Å²) >= 11 is 0. The Kier molecular flexibility index (Phi) is 10.5. The second-order valence-electron chi connectivity index (χ2n) is 9.54. The van der Waals surface area contributed by atoms with Crippen LogP contribution in [0.4, 0.5) is 4.79 Å². The first kappa shape index (κ1) is 28.9. The molecule has 0 saturated heterocycles. The lowest BCUT2D eigenvalue weighted by Crippen LogP contribution is -2.54. The zero-order chi connectivity index (χ0) is 28.9. The van der Waals surface area contributed by atoms with Crippen LogP contribution in [0.3, 0.4) is 0 Å². The average molecular weight is 552 g/mol. The third-order valence-electron chi connectivity index (χ3n) is 6.35. The van der Waals surface area contributed by atoms with E-state index in [2.05, 4.69) is 10.6 Å². The molecule has 0 heterocycles. The highest BCUT2D eigenvalue weighted by Crippen LogP contribution is 2.17. The number of benzene rings is 4. The van der Waals surface area contributed by atoms with Crippen molar-refractivity contribution in [1.82, 2.24) is 10.6 Å². The predicted molar refractivity (Wildman–Crippen MR) is 156 cm³/mol. The molecule has 0 fully saturated rings. The first-order valence-electron chi connectivity index (χ1n) is 13.3. The summed E-state index contributed by atoms with van der Waals surface area (Å²) < 4.78 is 11.2. The van der Waals surface area contributed by atoms with Crippen LogP contribution in [0.15, 0.2) is 115 Å². The number of carbonyl (C=O) groups excluding carboxylic acids is 3. The third kappa shape index (κ3) is 9.54. The van der Waals surface area contributed by atoms with Crippen LogP contribution in [0.2, 0.25) is 0 Å². The minimum atomic E-state index is -1.01. The van der Waals surface area contributed by atoms with Crippen LogP contribution < -0.4 is 21.1 Å². The zero-order valence-electron chi connectivity index (χ0n) is 22.6. The van der Waals surface area contributed by atoms with Gasteiger partial charge in [0.05, 0.1) is 0 Å². The molecular formula is C33H33N3O5. The molecule has 8 nitrogen and oxygen atoms in total. The minimum absolute atomic E-state index is 0.0545. The van der Waals surface area contributed by atoms with Crippen molar-refractivity contribution in [2.45, 2.75) is 38.1 Å². The molecule has 4 aromatic carbocycles. The first-order chi connectivity index (χ1) is 20.0. The highest BCUT2D eigenvalue weighted by Gasteiger charge is 2.27. The van der Waals surface area contributed by atoms with Gasteiger partial charge in [-0.25, -0.2) is 4.79 Å². The number of alkyl carbamates (subject to hydrolysis) is 1. The molecule has 8 heteroatoms. The fraction of sp³-hybridized carbons (Fsp3) is 0.182. The maximum absolute atomic E-state index is 13.4. The molecule has 0 saturated carbocycles. The summed E-state index contributed by atoms with van der Waals surface area (Å²) in [6.45, 7) is 0.451.